The first-order chi connectivity index (χ1) is 11.4. The molecule has 3 rings (SSSR count). The number of benzene rings is 2. The lowest BCUT2D eigenvalue weighted by Gasteiger charge is -2.14. The van der Waals surface area contributed by atoms with Crippen LogP contribution < -0.4 is 0 Å². The van der Waals surface area contributed by atoms with Crippen molar-refractivity contribution in [1.29, 1.82) is 0 Å². The fourth-order valence-electron chi connectivity index (χ4n) is 2.80. The first kappa shape index (κ1) is 15.9. The predicted molar refractivity (Wildman–Crippen MR) is 87.8 cm³/mol. The Balaban J connectivity index is 1.91. The van der Waals surface area contributed by atoms with Gasteiger partial charge in [-0.05, 0) is 23.1 Å². The number of rotatable bonds is 4. The smallest absolute Gasteiger partial charge is 0.270 e. The molecule has 0 aromatic heterocycles. The van der Waals surface area contributed by atoms with Crippen LogP contribution in [0.1, 0.15) is 51.6 Å². The number of carbonyl (C=O) groups excluding carboxylic acids is 2. The summed E-state index contributed by atoms with van der Waals surface area (Å²) in [5, 5.41) is 11.1. The van der Waals surface area contributed by atoms with E-state index in [0.29, 0.717) is 5.92 Å². The molecule has 122 valence electrons. The number of nitro benzene ring substituents is 1. The van der Waals surface area contributed by atoms with Crippen molar-refractivity contribution in [3.8, 4) is 0 Å². The summed E-state index contributed by atoms with van der Waals surface area (Å²) in [7, 11) is 0. The van der Waals surface area contributed by atoms with E-state index in [0.717, 1.165) is 16.0 Å². The first-order valence-electron chi connectivity index (χ1n) is 7.62. The highest BCUT2D eigenvalue weighted by Crippen LogP contribution is 2.31. The third-order valence-corrected chi connectivity index (χ3v) is 4.16. The van der Waals surface area contributed by atoms with Crippen LogP contribution in [0, 0.1) is 10.1 Å². The van der Waals surface area contributed by atoms with Gasteiger partial charge in [0.25, 0.3) is 17.5 Å². The number of fused-ring (bicyclic) bond motifs is 1. The Kier molecular flexibility index (Phi) is 3.89. The van der Waals surface area contributed by atoms with Crippen LogP contribution in [0.5, 0.6) is 0 Å². The van der Waals surface area contributed by atoms with E-state index in [9.17, 15) is 19.7 Å². The summed E-state index contributed by atoms with van der Waals surface area (Å²) < 4.78 is 0. The predicted octanol–water partition coefficient (Wildman–Crippen LogP) is 3.51. The fraction of sp³-hybridized carbons (Fsp3) is 0.222. The van der Waals surface area contributed by atoms with Gasteiger partial charge in [-0.3, -0.25) is 24.6 Å². The van der Waals surface area contributed by atoms with Gasteiger partial charge in [-0.15, -0.1) is 0 Å². The molecule has 2 amide bonds. The van der Waals surface area contributed by atoms with Crippen molar-refractivity contribution in [2.24, 2.45) is 0 Å². The van der Waals surface area contributed by atoms with Crippen molar-refractivity contribution in [3.05, 3.63) is 74.8 Å². The van der Waals surface area contributed by atoms with Gasteiger partial charge in [0.05, 0.1) is 17.0 Å². The van der Waals surface area contributed by atoms with E-state index >= 15 is 0 Å². The average Bonchev–Trinajstić information content (AvgIpc) is 2.80. The van der Waals surface area contributed by atoms with Crippen LogP contribution in [0.2, 0.25) is 0 Å². The molecule has 0 saturated carbocycles. The molecule has 0 atom stereocenters. The van der Waals surface area contributed by atoms with Crippen LogP contribution >= 0.6 is 0 Å². The van der Waals surface area contributed by atoms with E-state index in [-0.39, 0.29) is 23.4 Å². The summed E-state index contributed by atoms with van der Waals surface area (Å²) >= 11 is 0. The zero-order chi connectivity index (χ0) is 17.4. The molecule has 0 N–H and O–H groups in total. The molecule has 0 radical (unpaired) electrons. The molecule has 1 aliphatic heterocycles. The minimum Gasteiger partial charge on any atom is -0.270 e. The molecule has 6 nitrogen and oxygen atoms in total. The van der Waals surface area contributed by atoms with Gasteiger partial charge in [0.2, 0.25) is 0 Å². The van der Waals surface area contributed by atoms with Crippen molar-refractivity contribution in [2.45, 2.75) is 26.3 Å². The van der Waals surface area contributed by atoms with Crippen molar-refractivity contribution in [1.82, 2.24) is 4.90 Å². The Morgan fingerprint density at radius 1 is 1.04 bits per heavy atom. The third-order valence-electron chi connectivity index (χ3n) is 4.16. The summed E-state index contributed by atoms with van der Waals surface area (Å²) in [6, 6.07) is 11.8. The normalized spacial score (nSPS) is 13.5. The molecule has 0 bridgehead atoms. The van der Waals surface area contributed by atoms with Gasteiger partial charge < -0.3 is 0 Å². The van der Waals surface area contributed by atoms with Crippen molar-refractivity contribution in [2.75, 3.05) is 0 Å². The molecule has 24 heavy (non-hydrogen) atoms. The molecular formula is C18H16N2O4. The van der Waals surface area contributed by atoms with Gasteiger partial charge in [0.15, 0.2) is 0 Å². The topological polar surface area (TPSA) is 80.5 Å². The van der Waals surface area contributed by atoms with E-state index in [2.05, 4.69) is 13.8 Å². The molecule has 6 heteroatoms. The summed E-state index contributed by atoms with van der Waals surface area (Å²) in [5.41, 5.74) is 1.61. The van der Waals surface area contributed by atoms with Crippen LogP contribution in [0.3, 0.4) is 0 Å². The van der Waals surface area contributed by atoms with E-state index in [1.807, 2.05) is 24.3 Å². The molecule has 0 saturated heterocycles. The number of amides is 2. The lowest BCUT2D eigenvalue weighted by atomic mass is 10.0. The molecule has 1 heterocycles. The number of hydrogen-bond acceptors (Lipinski definition) is 4. The molecule has 2 aromatic carbocycles. The minimum atomic E-state index is -0.634. The standard InChI is InChI=1S/C18H16N2O4/c1-11(2)13-8-6-12(7-9-13)10-19-17(21)14-4-3-5-15(20(23)24)16(14)18(19)22/h3-9,11H,10H2,1-2H3. The zero-order valence-electron chi connectivity index (χ0n) is 13.4. The van der Waals surface area contributed by atoms with E-state index in [4.69, 9.17) is 0 Å². The van der Waals surface area contributed by atoms with E-state index < -0.39 is 16.7 Å². The Morgan fingerprint density at radius 3 is 2.29 bits per heavy atom. The fourth-order valence-corrected chi connectivity index (χ4v) is 2.80. The molecule has 0 spiro atoms. The lowest BCUT2D eigenvalue weighted by Crippen LogP contribution is -2.29. The summed E-state index contributed by atoms with van der Waals surface area (Å²) in [5.74, 6) is -0.720. The molecule has 0 unspecified atom stereocenters. The van der Waals surface area contributed by atoms with E-state index in [1.54, 1.807) is 0 Å². The summed E-state index contributed by atoms with van der Waals surface area (Å²) in [4.78, 5) is 36.5. The SMILES string of the molecule is CC(C)c1ccc(CN2C(=O)c3cccc([N+](=O)[O-])c3C2=O)cc1. The maximum atomic E-state index is 12.5. The second kappa shape index (κ2) is 5.88. The average molecular weight is 324 g/mol. The number of hydrogen-bond donors (Lipinski definition) is 0. The Bertz CT molecular complexity index is 841. The van der Waals surface area contributed by atoms with Crippen LogP contribution in [-0.4, -0.2) is 21.6 Å². The van der Waals surface area contributed by atoms with Gasteiger partial charge in [-0.1, -0.05) is 44.2 Å². The van der Waals surface area contributed by atoms with Crippen LogP contribution in [-0.2, 0) is 6.54 Å². The van der Waals surface area contributed by atoms with Gasteiger partial charge in [0, 0.05) is 6.07 Å². The largest absolute Gasteiger partial charge is 0.282 e. The number of imide groups is 1. The second-order valence-corrected chi connectivity index (χ2v) is 6.05. The van der Waals surface area contributed by atoms with Crippen molar-refractivity contribution < 1.29 is 14.5 Å². The zero-order valence-corrected chi connectivity index (χ0v) is 13.4. The Labute approximate surface area is 138 Å². The molecule has 0 aliphatic carbocycles. The summed E-state index contributed by atoms with van der Waals surface area (Å²) in [6.07, 6.45) is 0. The highest BCUT2D eigenvalue weighted by molar-refractivity contribution is 6.23. The molecule has 2 aromatic rings. The minimum absolute atomic E-state index is 0.0907. The quantitative estimate of drug-likeness (QED) is 0.489. The van der Waals surface area contributed by atoms with Crippen molar-refractivity contribution in [3.63, 3.8) is 0 Å². The lowest BCUT2D eigenvalue weighted by molar-refractivity contribution is -0.385. The first-order valence-corrected chi connectivity index (χ1v) is 7.62. The second-order valence-electron chi connectivity index (χ2n) is 6.05. The third kappa shape index (κ3) is 2.56. The summed E-state index contributed by atoms with van der Waals surface area (Å²) in [6.45, 7) is 4.26. The molecule has 1 aliphatic rings. The van der Waals surface area contributed by atoms with Crippen molar-refractivity contribution >= 4 is 17.5 Å². The molecular weight excluding hydrogens is 308 g/mol. The number of carbonyl (C=O) groups is 2. The Morgan fingerprint density at radius 2 is 1.71 bits per heavy atom. The maximum Gasteiger partial charge on any atom is 0.282 e. The number of nitro groups is 1. The van der Waals surface area contributed by atoms with Gasteiger partial charge in [-0.25, -0.2) is 0 Å². The monoisotopic (exact) mass is 324 g/mol. The maximum absolute atomic E-state index is 12.5. The number of nitrogens with zero attached hydrogens (tertiary/aromatic N) is 2. The van der Waals surface area contributed by atoms with Crippen LogP contribution in [0.25, 0.3) is 0 Å². The van der Waals surface area contributed by atoms with E-state index in [1.165, 1.54) is 18.2 Å². The highest BCUT2D eigenvalue weighted by Gasteiger charge is 2.40. The van der Waals surface area contributed by atoms with Gasteiger partial charge in [-0.2, -0.15) is 0 Å². The van der Waals surface area contributed by atoms with Gasteiger partial charge >= 0.3 is 0 Å². The highest BCUT2D eigenvalue weighted by atomic mass is 16.6. The van der Waals surface area contributed by atoms with Crippen LogP contribution in [0.15, 0.2) is 42.5 Å². The van der Waals surface area contributed by atoms with Gasteiger partial charge in [0.1, 0.15) is 5.56 Å². The Hall–Kier alpha value is -3.02. The van der Waals surface area contributed by atoms with Crippen LogP contribution in [0.4, 0.5) is 5.69 Å². The molecule has 0 fully saturated rings.